The zero-order valence-corrected chi connectivity index (χ0v) is 7.97. The number of halogens is 1. The van der Waals surface area contributed by atoms with E-state index in [9.17, 15) is 0 Å². The Labute approximate surface area is 81.6 Å². The number of nitrogens with zero attached hydrogens (tertiary/aromatic N) is 1. The van der Waals surface area contributed by atoms with Gasteiger partial charge in [0.1, 0.15) is 0 Å². The molecular weight excluding hydrogens is 184 g/mol. The first-order chi connectivity index (χ1) is 6.33. The van der Waals surface area contributed by atoms with Crippen molar-refractivity contribution in [3.05, 3.63) is 35.5 Å². The van der Waals surface area contributed by atoms with E-state index < -0.39 is 0 Å². The maximum Gasteiger partial charge on any atom is 0.0948 e. The smallest absolute Gasteiger partial charge is 0.0948 e. The van der Waals surface area contributed by atoms with Crippen molar-refractivity contribution in [3.8, 4) is 0 Å². The van der Waals surface area contributed by atoms with Crippen molar-refractivity contribution < 1.29 is 0 Å². The van der Waals surface area contributed by atoms with Crippen LogP contribution in [0.25, 0.3) is 10.9 Å². The summed E-state index contributed by atoms with van der Waals surface area (Å²) in [4.78, 5) is 4.27. The maximum absolute atomic E-state index is 6.02. The molecule has 0 aliphatic heterocycles. The minimum atomic E-state index is 0.738. The van der Waals surface area contributed by atoms with E-state index in [-0.39, 0.29) is 0 Å². The van der Waals surface area contributed by atoms with Crippen LogP contribution in [0.1, 0.15) is 0 Å². The molecule has 66 valence electrons. The van der Waals surface area contributed by atoms with Crippen LogP contribution < -0.4 is 5.32 Å². The Bertz CT molecular complexity index is 440. The fraction of sp³-hybridized carbons (Fsp3) is 0.100. The Morgan fingerprint density at radius 3 is 2.92 bits per heavy atom. The topological polar surface area (TPSA) is 24.9 Å². The molecule has 1 aromatic heterocycles. The normalized spacial score (nSPS) is 10.3. The molecule has 13 heavy (non-hydrogen) atoms. The van der Waals surface area contributed by atoms with Crippen LogP contribution in [0.15, 0.2) is 30.5 Å². The zero-order valence-electron chi connectivity index (χ0n) is 7.21. The summed E-state index contributed by atoms with van der Waals surface area (Å²) in [6, 6.07) is 7.65. The van der Waals surface area contributed by atoms with Crippen LogP contribution in [0, 0.1) is 0 Å². The van der Waals surface area contributed by atoms with E-state index in [2.05, 4.69) is 10.3 Å². The van der Waals surface area contributed by atoms with Crippen LogP contribution >= 0.6 is 11.6 Å². The highest BCUT2D eigenvalue weighted by Crippen LogP contribution is 2.27. The van der Waals surface area contributed by atoms with Crippen molar-refractivity contribution in [2.75, 3.05) is 12.4 Å². The van der Waals surface area contributed by atoms with Gasteiger partial charge in [0.2, 0.25) is 0 Å². The number of rotatable bonds is 1. The standard InChI is InChI=1S/C10H9ClN2/c1-12-9-5-4-8(11)7-3-2-6-13-10(7)9/h2-6,12H,1H3. The van der Waals surface area contributed by atoms with Crippen molar-refractivity contribution in [1.82, 2.24) is 4.98 Å². The first kappa shape index (κ1) is 8.32. The number of fused-ring (bicyclic) bond motifs is 1. The quantitative estimate of drug-likeness (QED) is 0.752. The SMILES string of the molecule is CNc1ccc(Cl)c2cccnc12. The summed E-state index contributed by atoms with van der Waals surface area (Å²) in [5.74, 6) is 0. The maximum atomic E-state index is 6.02. The van der Waals surface area contributed by atoms with Gasteiger partial charge in [-0.2, -0.15) is 0 Å². The van der Waals surface area contributed by atoms with Gasteiger partial charge < -0.3 is 5.32 Å². The van der Waals surface area contributed by atoms with Crippen LogP contribution in [0.4, 0.5) is 5.69 Å². The molecule has 0 saturated heterocycles. The molecule has 0 radical (unpaired) electrons. The highest BCUT2D eigenvalue weighted by molar-refractivity contribution is 6.35. The first-order valence-electron chi connectivity index (χ1n) is 4.04. The second-order valence-corrected chi connectivity index (χ2v) is 3.15. The van der Waals surface area contributed by atoms with E-state index in [0.29, 0.717) is 0 Å². The van der Waals surface area contributed by atoms with Crippen molar-refractivity contribution >= 4 is 28.2 Å². The number of hydrogen-bond acceptors (Lipinski definition) is 2. The summed E-state index contributed by atoms with van der Waals surface area (Å²) >= 11 is 6.02. The van der Waals surface area contributed by atoms with Crippen LogP contribution in [0.3, 0.4) is 0 Å². The molecule has 0 spiro atoms. The van der Waals surface area contributed by atoms with Gasteiger partial charge in [0, 0.05) is 18.6 Å². The Morgan fingerprint density at radius 2 is 2.15 bits per heavy atom. The fourth-order valence-electron chi connectivity index (χ4n) is 1.34. The molecule has 2 nitrogen and oxygen atoms in total. The van der Waals surface area contributed by atoms with Gasteiger partial charge in [-0.3, -0.25) is 4.98 Å². The van der Waals surface area contributed by atoms with Crippen molar-refractivity contribution in [1.29, 1.82) is 0 Å². The van der Waals surface area contributed by atoms with Crippen LogP contribution in [-0.2, 0) is 0 Å². The minimum absolute atomic E-state index is 0.738. The monoisotopic (exact) mass is 192 g/mol. The molecule has 0 aliphatic carbocycles. The number of benzene rings is 1. The predicted octanol–water partition coefficient (Wildman–Crippen LogP) is 2.93. The summed E-state index contributed by atoms with van der Waals surface area (Å²) in [5, 5.41) is 4.80. The van der Waals surface area contributed by atoms with E-state index in [4.69, 9.17) is 11.6 Å². The molecule has 0 unspecified atom stereocenters. The number of pyridine rings is 1. The third-order valence-electron chi connectivity index (χ3n) is 1.99. The van der Waals surface area contributed by atoms with E-state index in [1.807, 2.05) is 31.3 Å². The molecular formula is C10H9ClN2. The Kier molecular flexibility index (Phi) is 2.07. The van der Waals surface area contributed by atoms with Gasteiger partial charge in [0.25, 0.3) is 0 Å². The molecule has 2 aromatic rings. The van der Waals surface area contributed by atoms with Gasteiger partial charge in [-0.15, -0.1) is 0 Å². The van der Waals surface area contributed by atoms with Crippen LogP contribution in [0.2, 0.25) is 5.02 Å². The average molecular weight is 193 g/mol. The summed E-state index contributed by atoms with van der Waals surface area (Å²) in [6.45, 7) is 0. The molecule has 1 N–H and O–H groups in total. The van der Waals surface area contributed by atoms with Crippen LogP contribution in [0.5, 0.6) is 0 Å². The lowest BCUT2D eigenvalue weighted by Crippen LogP contribution is -1.91. The lowest BCUT2D eigenvalue weighted by atomic mass is 10.2. The molecule has 0 atom stereocenters. The summed E-state index contributed by atoms with van der Waals surface area (Å²) in [5.41, 5.74) is 1.91. The lowest BCUT2D eigenvalue weighted by Gasteiger charge is -2.05. The predicted molar refractivity (Wildman–Crippen MR) is 56.3 cm³/mol. The fourth-order valence-corrected chi connectivity index (χ4v) is 1.56. The average Bonchev–Trinajstić information content (AvgIpc) is 2.19. The van der Waals surface area contributed by atoms with E-state index in [1.165, 1.54) is 0 Å². The largest absolute Gasteiger partial charge is 0.386 e. The van der Waals surface area contributed by atoms with Gasteiger partial charge in [-0.1, -0.05) is 11.6 Å². The van der Waals surface area contributed by atoms with Gasteiger partial charge in [-0.25, -0.2) is 0 Å². The number of hydrogen-bond donors (Lipinski definition) is 1. The van der Waals surface area contributed by atoms with Gasteiger partial charge in [0.15, 0.2) is 0 Å². The summed E-state index contributed by atoms with van der Waals surface area (Å²) in [7, 11) is 1.87. The van der Waals surface area contributed by atoms with E-state index in [0.717, 1.165) is 21.6 Å². The molecule has 1 heterocycles. The van der Waals surface area contributed by atoms with Crippen LogP contribution in [-0.4, -0.2) is 12.0 Å². The molecule has 0 aliphatic rings. The molecule has 0 bridgehead atoms. The van der Waals surface area contributed by atoms with Crippen molar-refractivity contribution in [2.45, 2.75) is 0 Å². The second-order valence-electron chi connectivity index (χ2n) is 2.74. The Balaban J connectivity index is 2.84. The van der Waals surface area contributed by atoms with Crippen molar-refractivity contribution in [3.63, 3.8) is 0 Å². The highest BCUT2D eigenvalue weighted by Gasteiger charge is 2.02. The number of anilines is 1. The highest BCUT2D eigenvalue weighted by atomic mass is 35.5. The third kappa shape index (κ3) is 1.33. The van der Waals surface area contributed by atoms with E-state index in [1.54, 1.807) is 6.20 Å². The zero-order chi connectivity index (χ0) is 9.26. The van der Waals surface area contributed by atoms with Gasteiger partial charge >= 0.3 is 0 Å². The Morgan fingerprint density at radius 1 is 1.31 bits per heavy atom. The molecule has 1 aromatic carbocycles. The summed E-state index contributed by atoms with van der Waals surface area (Å²) < 4.78 is 0. The second kappa shape index (κ2) is 3.23. The lowest BCUT2D eigenvalue weighted by molar-refractivity contribution is 1.39. The van der Waals surface area contributed by atoms with E-state index >= 15 is 0 Å². The molecule has 3 heteroatoms. The molecule has 0 amide bonds. The molecule has 2 rings (SSSR count). The third-order valence-corrected chi connectivity index (χ3v) is 2.32. The Hall–Kier alpha value is -1.28. The summed E-state index contributed by atoms with van der Waals surface area (Å²) in [6.07, 6.45) is 1.76. The first-order valence-corrected chi connectivity index (χ1v) is 4.41. The number of aromatic nitrogens is 1. The molecule has 0 fully saturated rings. The van der Waals surface area contributed by atoms with Gasteiger partial charge in [-0.05, 0) is 24.3 Å². The molecule has 0 saturated carbocycles. The van der Waals surface area contributed by atoms with Gasteiger partial charge in [0.05, 0.1) is 16.2 Å². The minimum Gasteiger partial charge on any atom is -0.386 e. The van der Waals surface area contributed by atoms with Crippen molar-refractivity contribution in [2.24, 2.45) is 0 Å². The number of nitrogens with one attached hydrogen (secondary N) is 1.